The molecule has 2 amide bonds. The lowest BCUT2D eigenvalue weighted by Gasteiger charge is -2.07. The molecule has 24 heavy (non-hydrogen) atoms. The fourth-order valence-corrected chi connectivity index (χ4v) is 2.04. The van der Waals surface area contributed by atoms with Crippen molar-refractivity contribution in [1.29, 1.82) is 0 Å². The highest BCUT2D eigenvalue weighted by molar-refractivity contribution is 5.94. The van der Waals surface area contributed by atoms with Crippen LogP contribution in [0.1, 0.15) is 36.5 Å². The Morgan fingerprint density at radius 2 is 1.96 bits per heavy atom. The second-order valence-electron chi connectivity index (χ2n) is 5.72. The van der Waals surface area contributed by atoms with Gasteiger partial charge in [0.2, 0.25) is 5.91 Å². The molecule has 0 atom stereocenters. The Hall–Kier alpha value is -2.63. The maximum atomic E-state index is 12.0. The minimum absolute atomic E-state index is 0.0951. The summed E-state index contributed by atoms with van der Waals surface area (Å²) in [7, 11) is 0. The maximum Gasteiger partial charge on any atom is 0.308 e. The molecular formula is C18H22N2O4. The standard InChI is InChI=1S/C18H22N2O4/c1-13(21)24-16-5-2-4-15(12-16)18(23)20-11-3-10-19-17(22)9-8-14-6-7-14/h2,4-5,8-9,12,14H,3,6-7,10-11H2,1H3,(H,19,22)(H,20,23)/b9-8+. The number of ether oxygens (including phenoxy) is 1. The van der Waals surface area contributed by atoms with Crippen LogP contribution in [0.3, 0.4) is 0 Å². The normalized spacial score (nSPS) is 13.5. The minimum atomic E-state index is -0.431. The fraction of sp³-hybridized carbons (Fsp3) is 0.389. The van der Waals surface area contributed by atoms with Crippen molar-refractivity contribution in [3.63, 3.8) is 0 Å². The lowest BCUT2D eigenvalue weighted by Crippen LogP contribution is -2.29. The molecule has 1 saturated carbocycles. The Morgan fingerprint density at radius 3 is 2.67 bits per heavy atom. The van der Waals surface area contributed by atoms with Crippen LogP contribution < -0.4 is 15.4 Å². The van der Waals surface area contributed by atoms with Gasteiger partial charge in [-0.2, -0.15) is 0 Å². The molecule has 0 spiro atoms. The van der Waals surface area contributed by atoms with Crippen molar-refractivity contribution in [2.45, 2.75) is 26.2 Å². The number of carbonyl (C=O) groups is 3. The second kappa shape index (κ2) is 8.86. The summed E-state index contributed by atoms with van der Waals surface area (Å²) >= 11 is 0. The van der Waals surface area contributed by atoms with E-state index in [4.69, 9.17) is 4.74 Å². The monoisotopic (exact) mass is 330 g/mol. The first kappa shape index (κ1) is 17.7. The Balaban J connectivity index is 1.65. The van der Waals surface area contributed by atoms with E-state index in [9.17, 15) is 14.4 Å². The summed E-state index contributed by atoms with van der Waals surface area (Å²) < 4.78 is 4.95. The fourth-order valence-electron chi connectivity index (χ4n) is 2.04. The Bertz CT molecular complexity index is 636. The Labute approximate surface area is 141 Å². The summed E-state index contributed by atoms with van der Waals surface area (Å²) in [6.07, 6.45) is 6.51. The first-order valence-electron chi connectivity index (χ1n) is 8.07. The maximum absolute atomic E-state index is 12.0. The highest BCUT2D eigenvalue weighted by Gasteiger charge is 2.17. The van der Waals surface area contributed by atoms with E-state index in [0.29, 0.717) is 36.7 Å². The average Bonchev–Trinajstić information content (AvgIpc) is 3.36. The van der Waals surface area contributed by atoms with Gasteiger partial charge in [-0.3, -0.25) is 14.4 Å². The number of amides is 2. The number of hydrogen-bond donors (Lipinski definition) is 2. The van der Waals surface area contributed by atoms with Crippen molar-refractivity contribution in [2.75, 3.05) is 13.1 Å². The van der Waals surface area contributed by atoms with E-state index < -0.39 is 5.97 Å². The van der Waals surface area contributed by atoms with Crippen LogP contribution in [-0.2, 0) is 9.59 Å². The number of rotatable bonds is 8. The molecule has 1 aromatic carbocycles. The Kier molecular flexibility index (Phi) is 6.54. The van der Waals surface area contributed by atoms with Gasteiger partial charge in [0.1, 0.15) is 5.75 Å². The highest BCUT2D eigenvalue weighted by atomic mass is 16.5. The van der Waals surface area contributed by atoms with Crippen LogP contribution in [0, 0.1) is 5.92 Å². The van der Waals surface area contributed by atoms with Crippen molar-refractivity contribution in [2.24, 2.45) is 5.92 Å². The van der Waals surface area contributed by atoms with E-state index in [2.05, 4.69) is 10.6 Å². The smallest absolute Gasteiger partial charge is 0.308 e. The number of benzene rings is 1. The van der Waals surface area contributed by atoms with E-state index in [1.807, 2.05) is 6.08 Å². The van der Waals surface area contributed by atoms with Gasteiger partial charge in [-0.15, -0.1) is 0 Å². The SMILES string of the molecule is CC(=O)Oc1cccc(C(=O)NCCCNC(=O)/C=C/C2CC2)c1. The average molecular weight is 330 g/mol. The van der Waals surface area contributed by atoms with Crippen LogP contribution >= 0.6 is 0 Å². The number of carbonyl (C=O) groups excluding carboxylic acids is 3. The predicted molar refractivity (Wildman–Crippen MR) is 89.6 cm³/mol. The Morgan fingerprint density at radius 1 is 1.21 bits per heavy atom. The molecule has 0 unspecified atom stereocenters. The predicted octanol–water partition coefficient (Wildman–Crippen LogP) is 1.81. The highest BCUT2D eigenvalue weighted by Crippen LogP contribution is 2.29. The van der Waals surface area contributed by atoms with Crippen LogP contribution in [0.15, 0.2) is 36.4 Å². The van der Waals surface area contributed by atoms with Gasteiger partial charge >= 0.3 is 5.97 Å². The van der Waals surface area contributed by atoms with Crippen molar-refractivity contribution in [3.8, 4) is 5.75 Å². The zero-order chi connectivity index (χ0) is 17.4. The molecule has 2 N–H and O–H groups in total. The van der Waals surface area contributed by atoms with E-state index in [-0.39, 0.29) is 11.8 Å². The van der Waals surface area contributed by atoms with Gasteiger partial charge in [0.25, 0.3) is 5.91 Å². The molecule has 1 aliphatic carbocycles. The molecule has 0 heterocycles. The third-order valence-corrected chi connectivity index (χ3v) is 3.44. The molecule has 0 bridgehead atoms. The zero-order valence-corrected chi connectivity index (χ0v) is 13.7. The molecular weight excluding hydrogens is 308 g/mol. The molecule has 2 rings (SSSR count). The van der Waals surface area contributed by atoms with Crippen molar-refractivity contribution < 1.29 is 19.1 Å². The van der Waals surface area contributed by atoms with Crippen LogP contribution in [0.2, 0.25) is 0 Å². The van der Waals surface area contributed by atoms with Crippen LogP contribution in [-0.4, -0.2) is 30.9 Å². The van der Waals surface area contributed by atoms with Crippen LogP contribution in [0.5, 0.6) is 5.75 Å². The molecule has 1 aromatic rings. The van der Waals surface area contributed by atoms with E-state index in [1.54, 1.807) is 24.3 Å². The van der Waals surface area contributed by atoms with Gasteiger partial charge in [-0.25, -0.2) is 0 Å². The summed E-state index contributed by atoms with van der Waals surface area (Å²) in [6, 6.07) is 6.43. The third-order valence-electron chi connectivity index (χ3n) is 3.44. The van der Waals surface area contributed by atoms with Gasteiger partial charge in [0, 0.05) is 25.6 Å². The van der Waals surface area contributed by atoms with Gasteiger partial charge < -0.3 is 15.4 Å². The third kappa shape index (κ3) is 6.64. The molecule has 6 heteroatoms. The topological polar surface area (TPSA) is 84.5 Å². The van der Waals surface area contributed by atoms with Gasteiger partial charge in [0.15, 0.2) is 0 Å². The van der Waals surface area contributed by atoms with E-state index in [0.717, 1.165) is 0 Å². The molecule has 0 radical (unpaired) electrons. The number of hydrogen-bond acceptors (Lipinski definition) is 4. The molecule has 6 nitrogen and oxygen atoms in total. The summed E-state index contributed by atoms with van der Waals surface area (Å²) in [4.78, 5) is 34.4. The summed E-state index contributed by atoms with van der Waals surface area (Å²) in [6.45, 7) is 2.26. The number of esters is 1. The van der Waals surface area contributed by atoms with Gasteiger partial charge in [0.05, 0.1) is 0 Å². The quantitative estimate of drug-likeness (QED) is 0.329. The molecule has 0 aromatic heterocycles. The summed E-state index contributed by atoms with van der Waals surface area (Å²) in [5.74, 6) is 0.146. The van der Waals surface area contributed by atoms with E-state index >= 15 is 0 Å². The van der Waals surface area contributed by atoms with Gasteiger partial charge in [-0.1, -0.05) is 12.1 Å². The minimum Gasteiger partial charge on any atom is -0.427 e. The largest absolute Gasteiger partial charge is 0.427 e. The molecule has 128 valence electrons. The number of allylic oxidation sites excluding steroid dienone is 1. The molecule has 0 saturated heterocycles. The van der Waals surface area contributed by atoms with Crippen LogP contribution in [0.25, 0.3) is 0 Å². The van der Waals surface area contributed by atoms with Crippen molar-refractivity contribution in [3.05, 3.63) is 42.0 Å². The van der Waals surface area contributed by atoms with Crippen molar-refractivity contribution in [1.82, 2.24) is 10.6 Å². The molecule has 1 aliphatic rings. The first-order chi connectivity index (χ1) is 11.5. The molecule has 1 fully saturated rings. The first-order valence-corrected chi connectivity index (χ1v) is 8.07. The zero-order valence-electron chi connectivity index (χ0n) is 13.7. The van der Waals surface area contributed by atoms with Crippen LogP contribution in [0.4, 0.5) is 0 Å². The summed E-state index contributed by atoms with van der Waals surface area (Å²) in [5, 5.41) is 5.54. The van der Waals surface area contributed by atoms with Crippen molar-refractivity contribution >= 4 is 17.8 Å². The lowest BCUT2D eigenvalue weighted by molar-refractivity contribution is -0.131. The molecule has 0 aliphatic heterocycles. The van der Waals surface area contributed by atoms with E-state index in [1.165, 1.54) is 25.8 Å². The summed E-state index contributed by atoms with van der Waals surface area (Å²) in [5.41, 5.74) is 0.421. The second-order valence-corrected chi connectivity index (χ2v) is 5.72. The lowest BCUT2D eigenvalue weighted by atomic mass is 10.2. The van der Waals surface area contributed by atoms with Gasteiger partial charge in [-0.05, 0) is 49.5 Å². The number of nitrogens with one attached hydrogen (secondary N) is 2.